The molecule has 0 spiro atoms. The fraction of sp³-hybridized carbons (Fsp3) is 0. The van der Waals surface area contributed by atoms with E-state index < -0.39 is 0 Å². The fourth-order valence-corrected chi connectivity index (χ4v) is 2.19. The van der Waals surface area contributed by atoms with Crippen LogP contribution >= 0.6 is 12.2 Å². The predicted octanol–water partition coefficient (Wildman–Crippen LogP) is 2.11. The van der Waals surface area contributed by atoms with Gasteiger partial charge in [0.05, 0.1) is 17.2 Å². The second kappa shape index (κ2) is 5.34. The Hall–Kier alpha value is -2.73. The maximum Gasteiger partial charge on any atom is 0.201 e. The van der Waals surface area contributed by atoms with Crippen LogP contribution in [0.25, 0.3) is 21.7 Å². The molecule has 104 valence electrons. The average Bonchev–Trinajstić information content (AvgIpc) is 2.49. The first-order valence-electron chi connectivity index (χ1n) is 6.18. The lowest BCUT2D eigenvalue weighted by Crippen LogP contribution is -2.24. The minimum absolute atomic E-state index is 0.0300. The van der Waals surface area contributed by atoms with Gasteiger partial charge in [-0.2, -0.15) is 5.10 Å². The summed E-state index contributed by atoms with van der Waals surface area (Å²) in [7, 11) is 0. The molecule has 1 aromatic heterocycles. The Kier molecular flexibility index (Phi) is 3.37. The maximum atomic E-state index is 12.4. The summed E-state index contributed by atoms with van der Waals surface area (Å²) in [6.45, 7) is 0. The van der Waals surface area contributed by atoms with Crippen LogP contribution in [-0.4, -0.2) is 11.3 Å². The van der Waals surface area contributed by atoms with Crippen molar-refractivity contribution in [2.24, 2.45) is 10.8 Å². The molecule has 0 aliphatic rings. The van der Waals surface area contributed by atoms with Crippen LogP contribution in [0, 0.1) is 0 Å². The van der Waals surface area contributed by atoms with Crippen LogP contribution in [0.3, 0.4) is 0 Å². The molecule has 0 saturated heterocycles. The summed E-state index contributed by atoms with van der Waals surface area (Å²) in [4.78, 5) is 12.4. The Morgan fingerprint density at radius 2 is 2.05 bits per heavy atom. The average molecular weight is 297 g/mol. The highest BCUT2D eigenvalue weighted by molar-refractivity contribution is 7.80. The van der Waals surface area contributed by atoms with Gasteiger partial charge in [-0.05, 0) is 23.7 Å². The molecule has 0 atom stereocenters. The highest BCUT2D eigenvalue weighted by Crippen LogP contribution is 2.23. The van der Waals surface area contributed by atoms with Gasteiger partial charge >= 0.3 is 0 Å². The van der Waals surface area contributed by atoms with Gasteiger partial charge in [0.1, 0.15) is 11.8 Å². The van der Waals surface area contributed by atoms with Crippen LogP contribution in [0.2, 0.25) is 0 Å². The first kappa shape index (κ1) is 13.3. The van der Waals surface area contributed by atoms with Crippen molar-refractivity contribution in [2.75, 3.05) is 0 Å². The number of nitrogens with zero attached hydrogens (tertiary/aromatic N) is 1. The van der Waals surface area contributed by atoms with Crippen LogP contribution in [0.5, 0.6) is 0 Å². The Balaban J connectivity index is 2.18. The summed E-state index contributed by atoms with van der Waals surface area (Å²) in [6.07, 6.45) is 2.71. The van der Waals surface area contributed by atoms with E-state index in [1.54, 1.807) is 6.07 Å². The van der Waals surface area contributed by atoms with Crippen molar-refractivity contribution in [1.82, 2.24) is 5.43 Å². The van der Waals surface area contributed by atoms with Crippen LogP contribution in [-0.2, 0) is 0 Å². The van der Waals surface area contributed by atoms with Crippen LogP contribution in [0.1, 0.15) is 5.56 Å². The highest BCUT2D eigenvalue weighted by atomic mass is 32.1. The number of nitrogens with two attached hydrogens (primary N) is 1. The van der Waals surface area contributed by atoms with Gasteiger partial charge in [-0.15, -0.1) is 0 Å². The number of hydrazone groups is 1. The van der Waals surface area contributed by atoms with E-state index in [4.69, 9.17) is 10.2 Å². The second-order valence-electron chi connectivity index (χ2n) is 4.42. The quantitative estimate of drug-likeness (QED) is 0.328. The van der Waals surface area contributed by atoms with Gasteiger partial charge in [-0.1, -0.05) is 30.3 Å². The Morgan fingerprint density at radius 1 is 1.24 bits per heavy atom. The lowest BCUT2D eigenvalue weighted by Gasteiger charge is -2.03. The second-order valence-corrected chi connectivity index (χ2v) is 4.86. The minimum Gasteiger partial charge on any atom is -0.463 e. The summed E-state index contributed by atoms with van der Waals surface area (Å²) in [5.74, 6) is 0. The molecule has 6 heteroatoms. The molecule has 0 aliphatic heterocycles. The van der Waals surface area contributed by atoms with Crippen LogP contribution in [0.4, 0.5) is 0 Å². The number of hydrogen-bond donors (Lipinski definition) is 2. The number of hydrogen-bond acceptors (Lipinski definition) is 4. The van der Waals surface area contributed by atoms with Gasteiger partial charge in [-0.3, -0.25) is 10.2 Å². The molecule has 0 saturated carbocycles. The monoisotopic (exact) mass is 297 g/mol. The molecule has 21 heavy (non-hydrogen) atoms. The van der Waals surface area contributed by atoms with Gasteiger partial charge in [0.15, 0.2) is 5.11 Å². The Labute approximate surface area is 125 Å². The first-order chi connectivity index (χ1) is 10.2. The molecule has 0 fully saturated rings. The predicted molar refractivity (Wildman–Crippen MR) is 87.5 cm³/mol. The van der Waals surface area contributed by atoms with Crippen molar-refractivity contribution in [3.05, 3.63) is 58.4 Å². The molecular formula is C15H11N3O2S. The Bertz CT molecular complexity index is 931. The molecule has 3 N–H and O–H groups in total. The number of nitrogens with one attached hydrogen (secondary N) is 1. The first-order valence-corrected chi connectivity index (χ1v) is 6.59. The van der Waals surface area contributed by atoms with E-state index in [0.29, 0.717) is 16.5 Å². The molecule has 5 nitrogen and oxygen atoms in total. The van der Waals surface area contributed by atoms with E-state index in [2.05, 4.69) is 22.7 Å². The summed E-state index contributed by atoms with van der Waals surface area (Å²) in [6, 6.07) is 11.4. The van der Waals surface area contributed by atoms with Crippen molar-refractivity contribution in [1.29, 1.82) is 0 Å². The van der Waals surface area contributed by atoms with Gasteiger partial charge in [-0.25, -0.2) is 0 Å². The summed E-state index contributed by atoms with van der Waals surface area (Å²) >= 11 is 4.62. The van der Waals surface area contributed by atoms with E-state index in [-0.39, 0.29) is 10.5 Å². The van der Waals surface area contributed by atoms with Crippen LogP contribution in [0.15, 0.2) is 57.0 Å². The molecule has 3 aromatic rings. The zero-order chi connectivity index (χ0) is 14.8. The molecule has 0 amide bonds. The number of fused-ring (bicyclic) bond motifs is 3. The third-order valence-electron chi connectivity index (χ3n) is 3.07. The molecular weight excluding hydrogens is 286 g/mol. The zero-order valence-electron chi connectivity index (χ0n) is 10.9. The standard InChI is InChI=1S/C15H11N3O2S/c16-15(21)18-17-7-10-8-20-14-11-4-2-1-3-9(11)5-6-12(14)13(10)19/h1-8H,(H3,16,18,21)/b17-7-. The van der Waals surface area contributed by atoms with Gasteiger partial charge in [0.25, 0.3) is 0 Å². The van der Waals surface area contributed by atoms with Crippen molar-refractivity contribution < 1.29 is 4.42 Å². The SMILES string of the molecule is NC(=S)N/N=C\c1coc2c(ccc3ccccc32)c1=O. The van der Waals surface area contributed by atoms with E-state index in [0.717, 1.165) is 10.8 Å². The lowest BCUT2D eigenvalue weighted by molar-refractivity contribution is 0.605. The van der Waals surface area contributed by atoms with Crippen molar-refractivity contribution >= 4 is 45.3 Å². The highest BCUT2D eigenvalue weighted by Gasteiger charge is 2.08. The van der Waals surface area contributed by atoms with Gasteiger partial charge < -0.3 is 10.2 Å². The van der Waals surface area contributed by atoms with E-state index in [9.17, 15) is 4.79 Å². The summed E-state index contributed by atoms with van der Waals surface area (Å²) < 4.78 is 5.61. The van der Waals surface area contributed by atoms with E-state index in [1.807, 2.05) is 30.3 Å². The fourth-order valence-electron chi connectivity index (χ4n) is 2.13. The smallest absolute Gasteiger partial charge is 0.201 e. The lowest BCUT2D eigenvalue weighted by atomic mass is 10.1. The summed E-state index contributed by atoms with van der Waals surface area (Å²) in [5, 5.41) is 6.23. The molecule has 0 aliphatic carbocycles. The van der Waals surface area contributed by atoms with Crippen molar-refractivity contribution in [3.8, 4) is 0 Å². The third-order valence-corrected chi connectivity index (χ3v) is 3.16. The topological polar surface area (TPSA) is 80.6 Å². The molecule has 0 unspecified atom stereocenters. The van der Waals surface area contributed by atoms with Crippen molar-refractivity contribution in [2.45, 2.75) is 0 Å². The molecule has 1 heterocycles. The molecule has 3 rings (SSSR count). The summed E-state index contributed by atoms with van der Waals surface area (Å²) in [5.41, 5.74) is 8.38. The van der Waals surface area contributed by atoms with Crippen LogP contribution < -0.4 is 16.6 Å². The molecule has 0 radical (unpaired) electrons. The minimum atomic E-state index is -0.157. The van der Waals surface area contributed by atoms with E-state index >= 15 is 0 Å². The van der Waals surface area contributed by atoms with Gasteiger partial charge in [0.2, 0.25) is 5.43 Å². The normalized spacial score (nSPS) is 11.2. The molecule has 2 aromatic carbocycles. The zero-order valence-corrected chi connectivity index (χ0v) is 11.7. The Morgan fingerprint density at radius 3 is 2.86 bits per heavy atom. The van der Waals surface area contributed by atoms with Crippen molar-refractivity contribution in [3.63, 3.8) is 0 Å². The number of rotatable bonds is 2. The maximum absolute atomic E-state index is 12.4. The largest absolute Gasteiger partial charge is 0.463 e. The number of benzene rings is 2. The third kappa shape index (κ3) is 2.48. The van der Waals surface area contributed by atoms with E-state index in [1.165, 1.54) is 12.5 Å². The molecule has 0 bridgehead atoms. The number of thiocarbonyl (C=S) groups is 1. The van der Waals surface area contributed by atoms with Gasteiger partial charge in [0, 0.05) is 5.39 Å².